The second-order valence-corrected chi connectivity index (χ2v) is 7.04. The van der Waals surface area contributed by atoms with Crippen LogP contribution >= 0.6 is 11.8 Å². The molecule has 2 heterocycles. The van der Waals surface area contributed by atoms with Gasteiger partial charge in [0.1, 0.15) is 5.25 Å². The fraction of sp³-hybridized carbons (Fsp3) is 0.263. The molecule has 0 amide bonds. The summed E-state index contributed by atoms with van der Waals surface area (Å²) in [6.07, 6.45) is 3.46. The molecule has 0 bridgehead atoms. The number of pyridine rings is 1. The van der Waals surface area contributed by atoms with Gasteiger partial charge in [0.15, 0.2) is 11.0 Å². The van der Waals surface area contributed by atoms with E-state index < -0.39 is 0 Å². The molecule has 0 saturated heterocycles. The van der Waals surface area contributed by atoms with Gasteiger partial charge >= 0.3 is 5.97 Å². The number of aryl methyl sites for hydroxylation is 1. The molecule has 0 unspecified atom stereocenters. The highest BCUT2D eigenvalue weighted by molar-refractivity contribution is 8.00. The number of hydrogen-bond donors (Lipinski definition) is 0. The topological polar surface area (TPSA) is 69.9 Å². The number of thioether (sulfide) groups is 1. The predicted octanol–water partition coefficient (Wildman–Crippen LogP) is 3.68. The standard InChI is InChI=1S/C19H20N4O2S/c1-4-25-18(24)14(3)26-19-22-21-17(15-6-5-11-20-12-15)23(19)16-9-7-13(2)8-10-16/h5-12,14H,4H2,1-3H3/t14-/m1/s1. The number of nitrogens with zero attached hydrogens (tertiary/aromatic N) is 4. The van der Waals surface area contributed by atoms with Crippen LogP contribution in [0.3, 0.4) is 0 Å². The van der Waals surface area contributed by atoms with Gasteiger partial charge in [-0.25, -0.2) is 0 Å². The van der Waals surface area contributed by atoms with E-state index in [0.29, 0.717) is 17.6 Å². The number of ether oxygens (including phenoxy) is 1. The third kappa shape index (κ3) is 3.94. The summed E-state index contributed by atoms with van der Waals surface area (Å²) >= 11 is 1.33. The van der Waals surface area contributed by atoms with Crippen molar-refractivity contribution in [3.05, 3.63) is 54.4 Å². The van der Waals surface area contributed by atoms with Crippen LogP contribution < -0.4 is 0 Å². The molecule has 0 radical (unpaired) electrons. The fourth-order valence-corrected chi connectivity index (χ4v) is 3.29. The Balaban J connectivity index is 2.03. The minimum atomic E-state index is -0.384. The summed E-state index contributed by atoms with van der Waals surface area (Å²) in [6, 6.07) is 11.9. The first kappa shape index (κ1) is 18.1. The second kappa shape index (κ2) is 8.14. The van der Waals surface area contributed by atoms with E-state index in [2.05, 4.69) is 15.2 Å². The van der Waals surface area contributed by atoms with Crippen molar-refractivity contribution in [1.29, 1.82) is 0 Å². The smallest absolute Gasteiger partial charge is 0.319 e. The summed E-state index contributed by atoms with van der Waals surface area (Å²) in [6.45, 7) is 6.00. The van der Waals surface area contributed by atoms with Crippen LogP contribution in [-0.2, 0) is 9.53 Å². The van der Waals surface area contributed by atoms with Crippen LogP contribution in [0.4, 0.5) is 0 Å². The highest BCUT2D eigenvalue weighted by atomic mass is 32.2. The molecule has 0 spiro atoms. The Morgan fingerprint density at radius 1 is 1.23 bits per heavy atom. The van der Waals surface area contributed by atoms with Crippen LogP contribution in [0.5, 0.6) is 0 Å². The van der Waals surface area contributed by atoms with Gasteiger partial charge in [-0.3, -0.25) is 14.3 Å². The predicted molar refractivity (Wildman–Crippen MR) is 101 cm³/mol. The molecule has 1 aromatic carbocycles. The van der Waals surface area contributed by atoms with E-state index in [0.717, 1.165) is 11.3 Å². The van der Waals surface area contributed by atoms with Crippen LogP contribution in [0.25, 0.3) is 17.1 Å². The van der Waals surface area contributed by atoms with Crippen LogP contribution in [0.1, 0.15) is 19.4 Å². The van der Waals surface area contributed by atoms with Crippen molar-refractivity contribution >= 4 is 17.7 Å². The number of aromatic nitrogens is 4. The van der Waals surface area contributed by atoms with Crippen molar-refractivity contribution in [3.63, 3.8) is 0 Å². The van der Waals surface area contributed by atoms with Crippen molar-refractivity contribution in [2.45, 2.75) is 31.2 Å². The zero-order valence-corrected chi connectivity index (χ0v) is 15.7. The Labute approximate surface area is 156 Å². The highest BCUT2D eigenvalue weighted by Gasteiger charge is 2.22. The Morgan fingerprint density at radius 2 is 2.00 bits per heavy atom. The summed E-state index contributed by atoms with van der Waals surface area (Å²) in [5, 5.41) is 8.91. The van der Waals surface area contributed by atoms with Crippen LogP contribution in [-0.4, -0.2) is 37.6 Å². The van der Waals surface area contributed by atoms with Gasteiger partial charge in [-0.15, -0.1) is 10.2 Å². The average molecular weight is 368 g/mol. The largest absolute Gasteiger partial charge is 0.465 e. The van der Waals surface area contributed by atoms with Gasteiger partial charge in [0, 0.05) is 23.6 Å². The third-order valence-electron chi connectivity index (χ3n) is 3.75. The Kier molecular flexibility index (Phi) is 5.68. The van der Waals surface area contributed by atoms with Gasteiger partial charge in [-0.1, -0.05) is 29.5 Å². The van der Waals surface area contributed by atoms with Gasteiger partial charge in [0.2, 0.25) is 0 Å². The molecular weight excluding hydrogens is 348 g/mol. The van der Waals surface area contributed by atoms with Gasteiger partial charge in [-0.2, -0.15) is 0 Å². The van der Waals surface area contributed by atoms with Gasteiger partial charge in [0.05, 0.1) is 6.61 Å². The first-order chi connectivity index (χ1) is 12.6. The maximum Gasteiger partial charge on any atom is 0.319 e. The fourth-order valence-electron chi connectivity index (χ4n) is 2.42. The van der Waals surface area contributed by atoms with Crippen molar-refractivity contribution in [3.8, 4) is 17.1 Å². The molecule has 7 heteroatoms. The first-order valence-corrected chi connectivity index (χ1v) is 9.24. The first-order valence-electron chi connectivity index (χ1n) is 8.36. The molecule has 0 saturated carbocycles. The minimum absolute atomic E-state index is 0.265. The second-order valence-electron chi connectivity index (χ2n) is 5.73. The SMILES string of the molecule is CCOC(=O)[C@@H](C)Sc1nnc(-c2cccnc2)n1-c1ccc(C)cc1. The van der Waals surface area contributed by atoms with Crippen LogP contribution in [0, 0.1) is 6.92 Å². The number of carbonyl (C=O) groups is 1. The van der Waals surface area contributed by atoms with E-state index in [1.165, 1.54) is 17.3 Å². The Morgan fingerprint density at radius 3 is 2.65 bits per heavy atom. The lowest BCUT2D eigenvalue weighted by atomic mass is 10.2. The lowest BCUT2D eigenvalue weighted by molar-refractivity contribution is -0.142. The summed E-state index contributed by atoms with van der Waals surface area (Å²) < 4.78 is 7.04. The van der Waals surface area contributed by atoms with Crippen molar-refractivity contribution in [2.24, 2.45) is 0 Å². The molecule has 0 aliphatic heterocycles. The molecule has 1 atom stereocenters. The quantitative estimate of drug-likeness (QED) is 0.488. The zero-order chi connectivity index (χ0) is 18.5. The van der Waals surface area contributed by atoms with E-state index in [9.17, 15) is 4.79 Å². The molecule has 0 fully saturated rings. The number of hydrogen-bond acceptors (Lipinski definition) is 6. The van der Waals surface area contributed by atoms with E-state index in [-0.39, 0.29) is 11.2 Å². The molecule has 3 rings (SSSR count). The Bertz CT molecular complexity index is 878. The van der Waals surface area contributed by atoms with Crippen LogP contribution in [0.2, 0.25) is 0 Å². The van der Waals surface area contributed by atoms with E-state index >= 15 is 0 Å². The zero-order valence-electron chi connectivity index (χ0n) is 14.9. The molecule has 134 valence electrons. The monoisotopic (exact) mass is 368 g/mol. The molecular formula is C19H20N4O2S. The van der Waals surface area contributed by atoms with E-state index in [4.69, 9.17) is 4.74 Å². The molecule has 26 heavy (non-hydrogen) atoms. The highest BCUT2D eigenvalue weighted by Crippen LogP contribution is 2.30. The van der Waals surface area contributed by atoms with Crippen LogP contribution in [0.15, 0.2) is 53.9 Å². The number of benzene rings is 1. The van der Waals surface area contributed by atoms with Gasteiger partial charge in [-0.05, 0) is 45.0 Å². The maximum atomic E-state index is 12.0. The Hall–Kier alpha value is -2.67. The normalized spacial score (nSPS) is 12.0. The molecule has 6 nitrogen and oxygen atoms in total. The summed E-state index contributed by atoms with van der Waals surface area (Å²) in [7, 11) is 0. The maximum absolute atomic E-state index is 12.0. The summed E-state index contributed by atoms with van der Waals surface area (Å²) in [4.78, 5) is 16.2. The van der Waals surface area contributed by atoms with Gasteiger partial charge < -0.3 is 4.74 Å². The van der Waals surface area contributed by atoms with Crippen molar-refractivity contribution in [1.82, 2.24) is 19.7 Å². The molecule has 0 aliphatic rings. The molecule has 0 aliphatic carbocycles. The third-order valence-corrected chi connectivity index (χ3v) is 4.77. The molecule has 0 N–H and O–H groups in total. The lowest BCUT2D eigenvalue weighted by Crippen LogP contribution is -2.17. The lowest BCUT2D eigenvalue weighted by Gasteiger charge is -2.13. The number of rotatable bonds is 6. The molecule has 2 aromatic heterocycles. The summed E-state index contributed by atoms with van der Waals surface area (Å²) in [5.41, 5.74) is 2.95. The van der Waals surface area contributed by atoms with Crippen molar-refractivity contribution in [2.75, 3.05) is 6.61 Å². The average Bonchev–Trinajstić information content (AvgIpc) is 3.07. The minimum Gasteiger partial charge on any atom is -0.465 e. The van der Waals surface area contributed by atoms with Gasteiger partial charge in [0.25, 0.3) is 0 Å². The van der Waals surface area contributed by atoms with E-state index in [1.54, 1.807) is 26.2 Å². The summed E-state index contributed by atoms with van der Waals surface area (Å²) in [5.74, 6) is 0.416. The number of esters is 1. The number of carbonyl (C=O) groups excluding carboxylic acids is 1. The molecule has 3 aromatic rings. The van der Waals surface area contributed by atoms with Crippen molar-refractivity contribution < 1.29 is 9.53 Å². The van der Waals surface area contributed by atoms with E-state index in [1.807, 2.05) is 47.9 Å².